The van der Waals surface area contributed by atoms with Crippen LogP contribution < -0.4 is 5.32 Å². The Labute approximate surface area is 121 Å². The van der Waals surface area contributed by atoms with Crippen LogP contribution in [-0.2, 0) is 11.3 Å². The highest BCUT2D eigenvalue weighted by Crippen LogP contribution is 2.28. The molecule has 0 radical (unpaired) electrons. The zero-order valence-corrected chi connectivity index (χ0v) is 12.4. The second-order valence-corrected chi connectivity index (χ2v) is 5.77. The fourth-order valence-electron chi connectivity index (χ4n) is 3.12. The highest BCUT2D eigenvalue weighted by molar-refractivity contribution is 5.76. The number of aryl methyl sites for hydroxylation is 1. The van der Waals surface area contributed by atoms with E-state index in [-0.39, 0.29) is 5.91 Å². The molecule has 0 unspecified atom stereocenters. The van der Waals surface area contributed by atoms with Crippen molar-refractivity contribution in [1.29, 1.82) is 0 Å². The van der Waals surface area contributed by atoms with Gasteiger partial charge in [-0.1, -0.05) is 32.6 Å². The summed E-state index contributed by atoms with van der Waals surface area (Å²) in [6, 6.07) is 0.364. The molecule has 1 atom stereocenters. The first-order valence-corrected chi connectivity index (χ1v) is 7.91. The van der Waals surface area contributed by atoms with Gasteiger partial charge in [-0.15, -0.1) is 0 Å². The minimum absolute atomic E-state index is 0.143. The van der Waals surface area contributed by atoms with Crippen LogP contribution in [0.4, 0.5) is 0 Å². The third kappa shape index (κ3) is 4.62. The van der Waals surface area contributed by atoms with Crippen LogP contribution in [0.2, 0.25) is 0 Å². The van der Waals surface area contributed by atoms with Gasteiger partial charge in [-0.25, -0.2) is 4.98 Å². The largest absolute Gasteiger partial charge is 0.353 e. The molecule has 2 rings (SSSR count). The SMILES string of the molecule is CCC[C@@H](NC(=O)CCn1cncn1)C1CCCCC1. The fraction of sp³-hybridized carbons (Fsp3) is 0.800. The van der Waals surface area contributed by atoms with Crippen LogP contribution in [-0.4, -0.2) is 26.7 Å². The first-order chi connectivity index (χ1) is 9.79. The Morgan fingerprint density at radius 2 is 2.20 bits per heavy atom. The van der Waals surface area contributed by atoms with Crippen molar-refractivity contribution in [2.45, 2.75) is 70.9 Å². The lowest BCUT2D eigenvalue weighted by Crippen LogP contribution is -2.41. The summed E-state index contributed by atoms with van der Waals surface area (Å²) in [5.41, 5.74) is 0. The fourth-order valence-corrected chi connectivity index (χ4v) is 3.12. The second kappa shape index (κ2) is 8.02. The van der Waals surface area contributed by atoms with Crippen LogP contribution in [0.5, 0.6) is 0 Å². The van der Waals surface area contributed by atoms with Gasteiger partial charge in [0.2, 0.25) is 5.91 Å². The molecule has 1 fully saturated rings. The number of nitrogens with one attached hydrogen (secondary N) is 1. The molecule has 1 aliphatic carbocycles. The standard InChI is InChI=1S/C15H26N4O/c1-2-6-14(13-7-4-3-5-8-13)18-15(20)9-10-19-12-16-11-17-19/h11-14H,2-10H2,1H3,(H,18,20)/t14-/m1/s1. The number of carbonyl (C=O) groups is 1. The van der Waals surface area contributed by atoms with Crippen LogP contribution in [0.15, 0.2) is 12.7 Å². The summed E-state index contributed by atoms with van der Waals surface area (Å²) in [5.74, 6) is 0.823. The smallest absolute Gasteiger partial charge is 0.222 e. The topological polar surface area (TPSA) is 59.8 Å². The molecule has 0 saturated heterocycles. The van der Waals surface area contributed by atoms with Gasteiger partial charge in [0.05, 0.1) is 6.54 Å². The van der Waals surface area contributed by atoms with E-state index in [2.05, 4.69) is 22.3 Å². The predicted molar refractivity (Wildman–Crippen MR) is 78.1 cm³/mol. The highest BCUT2D eigenvalue weighted by Gasteiger charge is 2.24. The molecule has 1 heterocycles. The van der Waals surface area contributed by atoms with E-state index in [1.807, 2.05) is 0 Å². The lowest BCUT2D eigenvalue weighted by Gasteiger charge is -2.31. The molecule has 1 amide bonds. The number of amides is 1. The van der Waals surface area contributed by atoms with Gasteiger partial charge in [0.15, 0.2) is 0 Å². The summed E-state index contributed by atoms with van der Waals surface area (Å²) in [6.07, 6.45) is 12.4. The van der Waals surface area contributed by atoms with Crippen LogP contribution >= 0.6 is 0 Å². The van der Waals surface area contributed by atoms with Gasteiger partial charge < -0.3 is 5.32 Å². The van der Waals surface area contributed by atoms with Gasteiger partial charge in [0, 0.05) is 12.5 Å². The van der Waals surface area contributed by atoms with Gasteiger partial charge in [-0.3, -0.25) is 9.48 Å². The Balaban J connectivity index is 1.78. The summed E-state index contributed by atoms with van der Waals surface area (Å²) in [5, 5.41) is 7.27. The first kappa shape index (κ1) is 15.0. The van der Waals surface area contributed by atoms with Gasteiger partial charge in [-0.2, -0.15) is 5.10 Å². The zero-order valence-electron chi connectivity index (χ0n) is 12.4. The number of aromatic nitrogens is 3. The zero-order chi connectivity index (χ0) is 14.2. The van der Waals surface area contributed by atoms with Crippen LogP contribution in [0, 0.1) is 5.92 Å². The number of rotatable bonds is 7. The third-order valence-corrected chi connectivity index (χ3v) is 4.20. The highest BCUT2D eigenvalue weighted by atomic mass is 16.1. The van der Waals surface area contributed by atoms with E-state index in [1.54, 1.807) is 11.0 Å². The molecule has 5 nitrogen and oxygen atoms in total. The lowest BCUT2D eigenvalue weighted by atomic mass is 9.82. The monoisotopic (exact) mass is 278 g/mol. The van der Waals surface area contributed by atoms with Crippen LogP contribution in [0.25, 0.3) is 0 Å². The number of hydrogen-bond acceptors (Lipinski definition) is 3. The molecule has 20 heavy (non-hydrogen) atoms. The maximum Gasteiger partial charge on any atom is 0.222 e. The summed E-state index contributed by atoms with van der Waals surface area (Å²) >= 11 is 0. The van der Waals surface area contributed by atoms with E-state index in [1.165, 1.54) is 38.4 Å². The van der Waals surface area contributed by atoms with E-state index in [9.17, 15) is 4.79 Å². The molecule has 0 aliphatic heterocycles. The van der Waals surface area contributed by atoms with Gasteiger partial charge in [0.1, 0.15) is 12.7 Å². The van der Waals surface area contributed by atoms with Crippen molar-refractivity contribution in [3.05, 3.63) is 12.7 Å². The van der Waals surface area contributed by atoms with Gasteiger partial charge in [-0.05, 0) is 25.2 Å². The molecule has 5 heteroatoms. The summed E-state index contributed by atoms with van der Waals surface area (Å²) in [4.78, 5) is 16.0. The van der Waals surface area contributed by atoms with Crippen molar-refractivity contribution in [1.82, 2.24) is 20.1 Å². The van der Waals surface area contributed by atoms with Crippen LogP contribution in [0.3, 0.4) is 0 Å². The Hall–Kier alpha value is -1.39. The predicted octanol–water partition coefficient (Wildman–Crippen LogP) is 2.53. The third-order valence-electron chi connectivity index (χ3n) is 4.20. The molecule has 0 spiro atoms. The normalized spacial score (nSPS) is 17.9. The molecule has 112 valence electrons. The maximum absolute atomic E-state index is 12.1. The molecular weight excluding hydrogens is 252 g/mol. The summed E-state index contributed by atoms with van der Waals surface area (Å²) in [6.45, 7) is 2.80. The van der Waals surface area contributed by atoms with Crippen molar-refractivity contribution in [2.24, 2.45) is 5.92 Å². The Bertz CT molecular complexity index is 385. The Kier molecular flexibility index (Phi) is 6.02. The van der Waals surface area contributed by atoms with Crippen molar-refractivity contribution in [2.75, 3.05) is 0 Å². The van der Waals surface area contributed by atoms with Gasteiger partial charge in [0.25, 0.3) is 0 Å². The lowest BCUT2D eigenvalue weighted by molar-refractivity contribution is -0.122. The van der Waals surface area contributed by atoms with Crippen molar-refractivity contribution in [3.63, 3.8) is 0 Å². The number of nitrogens with zero attached hydrogens (tertiary/aromatic N) is 3. The molecule has 1 aromatic rings. The van der Waals surface area contributed by atoms with Crippen molar-refractivity contribution >= 4 is 5.91 Å². The summed E-state index contributed by atoms with van der Waals surface area (Å²) in [7, 11) is 0. The Morgan fingerprint density at radius 3 is 2.85 bits per heavy atom. The van der Waals surface area contributed by atoms with Crippen molar-refractivity contribution in [3.8, 4) is 0 Å². The molecule has 0 aromatic carbocycles. The molecule has 0 bridgehead atoms. The minimum atomic E-state index is 0.143. The van der Waals surface area contributed by atoms with E-state index < -0.39 is 0 Å². The molecule has 1 aliphatic rings. The van der Waals surface area contributed by atoms with E-state index in [0.717, 1.165) is 12.8 Å². The molecule has 1 N–H and O–H groups in total. The van der Waals surface area contributed by atoms with Crippen LogP contribution in [0.1, 0.15) is 58.3 Å². The van der Waals surface area contributed by atoms with Gasteiger partial charge >= 0.3 is 0 Å². The number of carbonyl (C=O) groups excluding carboxylic acids is 1. The Morgan fingerprint density at radius 1 is 1.40 bits per heavy atom. The first-order valence-electron chi connectivity index (χ1n) is 7.91. The second-order valence-electron chi connectivity index (χ2n) is 5.77. The average Bonchev–Trinajstić information content (AvgIpc) is 2.99. The van der Waals surface area contributed by atoms with E-state index in [0.29, 0.717) is 24.9 Å². The maximum atomic E-state index is 12.1. The van der Waals surface area contributed by atoms with E-state index >= 15 is 0 Å². The van der Waals surface area contributed by atoms with Crippen molar-refractivity contribution < 1.29 is 4.79 Å². The summed E-state index contributed by atoms with van der Waals surface area (Å²) < 4.78 is 1.70. The van der Waals surface area contributed by atoms with E-state index in [4.69, 9.17) is 0 Å². The molecule has 1 saturated carbocycles. The number of hydrogen-bond donors (Lipinski definition) is 1. The molecule has 1 aromatic heterocycles. The average molecular weight is 278 g/mol. The quantitative estimate of drug-likeness (QED) is 0.833. The molecular formula is C15H26N4O. The minimum Gasteiger partial charge on any atom is -0.353 e.